The van der Waals surface area contributed by atoms with E-state index in [2.05, 4.69) is 24.4 Å². The van der Waals surface area contributed by atoms with E-state index in [9.17, 15) is 4.79 Å². The van der Waals surface area contributed by atoms with E-state index in [0.29, 0.717) is 52.0 Å². The summed E-state index contributed by atoms with van der Waals surface area (Å²) in [7, 11) is 0. The van der Waals surface area contributed by atoms with Gasteiger partial charge >= 0.3 is 0 Å². The minimum absolute atomic E-state index is 0.214. The molecule has 31 heavy (non-hydrogen) atoms. The molecule has 164 valence electrons. The Morgan fingerprint density at radius 2 is 1.84 bits per heavy atom. The predicted molar refractivity (Wildman–Crippen MR) is 130 cm³/mol. The van der Waals surface area contributed by atoms with Gasteiger partial charge in [-0.2, -0.15) is 0 Å². The number of benzene rings is 2. The van der Waals surface area contributed by atoms with Crippen LogP contribution in [0.15, 0.2) is 41.3 Å². The van der Waals surface area contributed by atoms with Gasteiger partial charge in [-0.15, -0.1) is 0 Å². The highest BCUT2D eigenvalue weighted by Crippen LogP contribution is 2.38. The van der Waals surface area contributed by atoms with Gasteiger partial charge < -0.3 is 19.5 Å². The van der Waals surface area contributed by atoms with Crippen LogP contribution in [0.5, 0.6) is 17.2 Å². The van der Waals surface area contributed by atoms with Gasteiger partial charge in [0.05, 0.1) is 29.7 Å². The van der Waals surface area contributed by atoms with Crippen molar-refractivity contribution in [1.82, 2.24) is 5.32 Å². The Bertz CT molecular complexity index is 976. The van der Waals surface area contributed by atoms with E-state index in [1.165, 1.54) is 17.3 Å². The summed E-state index contributed by atoms with van der Waals surface area (Å²) in [6, 6.07) is 11.6. The first-order valence-electron chi connectivity index (χ1n) is 10.1. The summed E-state index contributed by atoms with van der Waals surface area (Å²) in [4.78, 5) is 12.4. The highest BCUT2D eigenvalue weighted by molar-refractivity contribution is 8.26. The van der Waals surface area contributed by atoms with Gasteiger partial charge in [-0.05, 0) is 54.8 Å². The molecule has 1 N–H and O–H groups in total. The van der Waals surface area contributed by atoms with Crippen LogP contribution in [-0.4, -0.2) is 30.0 Å². The van der Waals surface area contributed by atoms with Gasteiger partial charge in [0, 0.05) is 6.42 Å². The monoisotopic (exact) mass is 477 g/mol. The topological polar surface area (TPSA) is 56.8 Å². The first-order chi connectivity index (χ1) is 15.0. The van der Waals surface area contributed by atoms with Gasteiger partial charge in [0.25, 0.3) is 5.91 Å². The van der Waals surface area contributed by atoms with Crippen molar-refractivity contribution in [2.75, 3.05) is 19.8 Å². The lowest BCUT2D eigenvalue weighted by Gasteiger charge is -2.15. The van der Waals surface area contributed by atoms with Gasteiger partial charge in [-0.25, -0.2) is 0 Å². The van der Waals surface area contributed by atoms with Crippen LogP contribution in [0.2, 0.25) is 5.02 Å². The molecule has 1 fully saturated rings. The zero-order chi connectivity index (χ0) is 22.2. The van der Waals surface area contributed by atoms with Crippen molar-refractivity contribution in [1.29, 1.82) is 0 Å². The van der Waals surface area contributed by atoms with Crippen molar-refractivity contribution in [3.05, 3.63) is 57.5 Å². The molecular weight excluding hydrogens is 454 g/mol. The summed E-state index contributed by atoms with van der Waals surface area (Å²) in [5, 5.41) is 3.01. The molecule has 5 nitrogen and oxygen atoms in total. The molecule has 1 aliphatic heterocycles. The van der Waals surface area contributed by atoms with Crippen LogP contribution in [0, 0.1) is 0 Å². The minimum Gasteiger partial charge on any atom is -0.493 e. The van der Waals surface area contributed by atoms with Gasteiger partial charge in [-0.1, -0.05) is 54.6 Å². The molecule has 0 saturated carbocycles. The average Bonchev–Trinajstić information content (AvgIpc) is 3.06. The van der Waals surface area contributed by atoms with Crippen LogP contribution in [0.1, 0.15) is 31.4 Å². The molecule has 0 atom stereocenters. The number of thioether (sulfide) groups is 1. The Hall–Kier alpha value is -2.22. The van der Waals surface area contributed by atoms with E-state index in [-0.39, 0.29) is 5.91 Å². The van der Waals surface area contributed by atoms with Gasteiger partial charge in [0.1, 0.15) is 10.1 Å². The Morgan fingerprint density at radius 1 is 1.10 bits per heavy atom. The van der Waals surface area contributed by atoms with E-state index in [1.54, 1.807) is 18.2 Å². The molecule has 0 unspecified atom stereocenters. The van der Waals surface area contributed by atoms with Gasteiger partial charge in [0.2, 0.25) is 0 Å². The third-order valence-corrected chi connectivity index (χ3v) is 5.85. The normalized spacial score (nSPS) is 14.6. The maximum absolute atomic E-state index is 11.9. The summed E-state index contributed by atoms with van der Waals surface area (Å²) in [5.74, 6) is 1.64. The second kappa shape index (κ2) is 11.4. The third-order valence-electron chi connectivity index (χ3n) is 4.41. The summed E-state index contributed by atoms with van der Waals surface area (Å²) in [5.41, 5.74) is 2.02. The number of halogens is 1. The van der Waals surface area contributed by atoms with Crippen molar-refractivity contribution in [3.8, 4) is 17.2 Å². The number of rotatable bonds is 10. The number of ether oxygens (including phenoxy) is 3. The maximum Gasteiger partial charge on any atom is 0.263 e. The van der Waals surface area contributed by atoms with Crippen molar-refractivity contribution in [2.24, 2.45) is 0 Å². The van der Waals surface area contributed by atoms with E-state index < -0.39 is 0 Å². The molecule has 2 aromatic carbocycles. The van der Waals surface area contributed by atoms with E-state index in [4.69, 9.17) is 38.0 Å². The van der Waals surface area contributed by atoms with Crippen molar-refractivity contribution in [3.63, 3.8) is 0 Å². The first kappa shape index (κ1) is 23.4. The molecule has 0 bridgehead atoms. The molecule has 1 heterocycles. The van der Waals surface area contributed by atoms with Gasteiger partial charge in [0.15, 0.2) is 11.5 Å². The Kier molecular flexibility index (Phi) is 8.63. The quantitative estimate of drug-likeness (QED) is 0.271. The van der Waals surface area contributed by atoms with Crippen LogP contribution in [-0.2, 0) is 11.2 Å². The summed E-state index contributed by atoms with van der Waals surface area (Å²) in [6.45, 7) is 5.43. The fraction of sp³-hybridized carbons (Fsp3) is 0.304. The van der Waals surface area contributed by atoms with Gasteiger partial charge in [-0.3, -0.25) is 4.79 Å². The molecule has 1 amide bonds. The van der Waals surface area contributed by atoms with E-state index >= 15 is 0 Å². The summed E-state index contributed by atoms with van der Waals surface area (Å²) < 4.78 is 17.8. The zero-order valence-corrected chi connectivity index (χ0v) is 19.8. The maximum atomic E-state index is 11.9. The Labute approximate surface area is 197 Å². The predicted octanol–water partition coefficient (Wildman–Crippen LogP) is 5.64. The molecular formula is C23H24ClNO4S2. The summed E-state index contributed by atoms with van der Waals surface area (Å²) in [6.07, 6.45) is 3.43. The van der Waals surface area contributed by atoms with Crippen molar-refractivity contribution >= 4 is 51.9 Å². The Morgan fingerprint density at radius 3 is 2.48 bits per heavy atom. The van der Waals surface area contributed by atoms with Crippen molar-refractivity contribution < 1.29 is 19.0 Å². The van der Waals surface area contributed by atoms with Crippen LogP contribution in [0.4, 0.5) is 0 Å². The molecule has 8 heteroatoms. The lowest BCUT2D eigenvalue weighted by Crippen LogP contribution is -2.17. The number of amides is 1. The van der Waals surface area contributed by atoms with Crippen LogP contribution in [0.3, 0.4) is 0 Å². The number of nitrogens with one attached hydrogen (secondary N) is 1. The Balaban J connectivity index is 1.60. The zero-order valence-electron chi connectivity index (χ0n) is 17.4. The molecule has 0 spiro atoms. The van der Waals surface area contributed by atoms with Crippen molar-refractivity contribution in [2.45, 2.75) is 26.7 Å². The van der Waals surface area contributed by atoms with E-state index in [1.807, 2.05) is 19.1 Å². The minimum atomic E-state index is -0.214. The number of carbonyl (C=O) groups is 1. The number of thiocarbonyl (C=S) groups is 1. The fourth-order valence-corrected chi connectivity index (χ4v) is 4.21. The fourth-order valence-electron chi connectivity index (χ4n) is 2.89. The standard InChI is InChI=1S/C23H24ClNO4S2/c1-3-15-6-8-17(9-7-15)28-10-5-11-29-21-18(24)12-16(13-19(21)27-4-2)14-20-22(26)25-23(30)31-20/h6-9,12-14H,3-5,10-11H2,1-2H3,(H,25,26,30)/b20-14+. The second-order valence-electron chi connectivity index (χ2n) is 6.66. The smallest absolute Gasteiger partial charge is 0.263 e. The third kappa shape index (κ3) is 6.63. The second-order valence-corrected chi connectivity index (χ2v) is 8.79. The lowest BCUT2D eigenvalue weighted by atomic mass is 10.2. The lowest BCUT2D eigenvalue weighted by molar-refractivity contribution is -0.115. The number of hydrogen-bond acceptors (Lipinski definition) is 6. The number of aryl methyl sites for hydroxylation is 1. The molecule has 1 aliphatic rings. The number of carbonyl (C=O) groups excluding carboxylic acids is 1. The highest BCUT2D eigenvalue weighted by Gasteiger charge is 2.22. The number of hydrogen-bond donors (Lipinski definition) is 1. The molecule has 3 rings (SSSR count). The molecule has 2 aromatic rings. The first-order valence-corrected chi connectivity index (χ1v) is 11.7. The van der Waals surface area contributed by atoms with Crippen LogP contribution >= 0.6 is 35.6 Å². The summed E-state index contributed by atoms with van der Waals surface area (Å²) >= 11 is 12.7. The molecule has 0 radical (unpaired) electrons. The molecule has 1 saturated heterocycles. The van der Waals surface area contributed by atoms with E-state index in [0.717, 1.165) is 17.7 Å². The average molecular weight is 478 g/mol. The molecule has 0 aliphatic carbocycles. The highest BCUT2D eigenvalue weighted by atomic mass is 35.5. The largest absolute Gasteiger partial charge is 0.493 e. The SMILES string of the molecule is CCOc1cc(/C=C2/SC(=S)NC2=O)cc(Cl)c1OCCCOc1ccc(CC)cc1. The molecule has 0 aromatic heterocycles. The van der Waals surface area contributed by atoms with Crippen LogP contribution in [0.25, 0.3) is 6.08 Å². The van der Waals surface area contributed by atoms with Crippen LogP contribution < -0.4 is 19.5 Å².